The molecule has 0 atom stereocenters. The van der Waals surface area contributed by atoms with Crippen LogP contribution in [-0.4, -0.2) is 50.5 Å². The van der Waals surface area contributed by atoms with Gasteiger partial charge in [0.1, 0.15) is 6.54 Å². The van der Waals surface area contributed by atoms with Crippen LogP contribution in [0, 0.1) is 0 Å². The molecule has 33 heavy (non-hydrogen) atoms. The van der Waals surface area contributed by atoms with Gasteiger partial charge in [-0.2, -0.15) is 5.10 Å². The number of carbonyl (C=O) groups excluding carboxylic acids is 1. The quantitative estimate of drug-likeness (QED) is 0.384. The lowest BCUT2D eigenvalue weighted by atomic mass is 10.1. The van der Waals surface area contributed by atoms with Gasteiger partial charge in [-0.15, -0.1) is 0 Å². The molecule has 7 heteroatoms. The molecular formula is C26H29N4O3+. The van der Waals surface area contributed by atoms with Crippen LogP contribution in [0.5, 0.6) is 11.5 Å². The van der Waals surface area contributed by atoms with Gasteiger partial charge in [0.15, 0.2) is 11.5 Å². The highest BCUT2D eigenvalue weighted by Gasteiger charge is 2.20. The number of nitrogens with one attached hydrogen (secondary N) is 2. The number of rotatable bonds is 7. The topological polar surface area (TPSA) is 78.6 Å². The normalized spacial score (nSPS) is 14.4. The number of quaternary nitrogens is 1. The number of nitrogens with zero attached hydrogens (tertiary/aromatic N) is 2. The van der Waals surface area contributed by atoms with Crippen molar-refractivity contribution in [3.63, 3.8) is 0 Å². The Morgan fingerprint density at radius 3 is 2.52 bits per heavy atom. The number of methoxy groups -OCH3 is 1. The molecule has 0 saturated carbocycles. The molecule has 0 bridgehead atoms. The van der Waals surface area contributed by atoms with E-state index in [0.717, 1.165) is 32.7 Å². The summed E-state index contributed by atoms with van der Waals surface area (Å²) < 4.78 is 5.07. The zero-order valence-electron chi connectivity index (χ0n) is 18.7. The van der Waals surface area contributed by atoms with Crippen molar-refractivity contribution in [1.82, 2.24) is 5.43 Å². The van der Waals surface area contributed by atoms with Gasteiger partial charge >= 0.3 is 0 Å². The largest absolute Gasteiger partial charge is 0.504 e. The van der Waals surface area contributed by atoms with Gasteiger partial charge in [-0.1, -0.05) is 30.3 Å². The van der Waals surface area contributed by atoms with Crippen LogP contribution in [0.1, 0.15) is 21.5 Å². The van der Waals surface area contributed by atoms with Crippen molar-refractivity contribution in [3.8, 4) is 11.5 Å². The first kappa shape index (κ1) is 22.4. The second-order valence-corrected chi connectivity index (χ2v) is 8.08. The molecule has 0 spiro atoms. The number of phenolic OH excluding ortho intramolecular Hbond substituents is 1. The Labute approximate surface area is 193 Å². The number of hydrazone groups is 1. The van der Waals surface area contributed by atoms with Crippen LogP contribution < -0.4 is 20.0 Å². The van der Waals surface area contributed by atoms with E-state index >= 15 is 0 Å². The van der Waals surface area contributed by atoms with Crippen molar-refractivity contribution in [3.05, 3.63) is 89.5 Å². The Hall–Kier alpha value is -3.84. The molecule has 170 valence electrons. The third kappa shape index (κ3) is 5.90. The molecule has 3 aromatic rings. The molecule has 1 aliphatic heterocycles. The fourth-order valence-corrected chi connectivity index (χ4v) is 3.96. The highest BCUT2D eigenvalue weighted by atomic mass is 16.5. The maximum Gasteiger partial charge on any atom is 0.271 e. The van der Waals surface area contributed by atoms with E-state index in [0.29, 0.717) is 16.9 Å². The average molecular weight is 446 g/mol. The molecule has 3 aromatic carbocycles. The predicted octanol–water partition coefficient (Wildman–Crippen LogP) is 2.07. The van der Waals surface area contributed by atoms with Gasteiger partial charge in [-0.25, -0.2) is 5.43 Å². The second kappa shape index (κ2) is 10.7. The maximum atomic E-state index is 12.4. The summed E-state index contributed by atoms with van der Waals surface area (Å²) in [4.78, 5) is 16.4. The molecule has 3 N–H and O–H groups in total. The minimum Gasteiger partial charge on any atom is -0.504 e. The summed E-state index contributed by atoms with van der Waals surface area (Å²) in [5.74, 6) is 0.135. The lowest BCUT2D eigenvalue weighted by molar-refractivity contribution is -0.914. The number of piperazine rings is 1. The van der Waals surface area contributed by atoms with Gasteiger partial charge in [-0.05, 0) is 48.0 Å². The smallest absolute Gasteiger partial charge is 0.271 e. The van der Waals surface area contributed by atoms with Crippen LogP contribution in [0.3, 0.4) is 0 Å². The third-order valence-corrected chi connectivity index (χ3v) is 5.85. The first-order valence-electron chi connectivity index (χ1n) is 11.1. The first-order chi connectivity index (χ1) is 16.1. The van der Waals surface area contributed by atoms with Crippen molar-refractivity contribution >= 4 is 17.8 Å². The summed E-state index contributed by atoms with van der Waals surface area (Å²) in [5, 5.41) is 13.6. The van der Waals surface area contributed by atoms with Crippen molar-refractivity contribution in [2.75, 3.05) is 38.2 Å². The van der Waals surface area contributed by atoms with E-state index in [2.05, 4.69) is 45.8 Å². The molecule has 0 radical (unpaired) electrons. The molecule has 1 amide bonds. The van der Waals surface area contributed by atoms with Crippen LogP contribution in [0.15, 0.2) is 77.9 Å². The number of carbonyl (C=O) groups is 1. The fourth-order valence-electron chi connectivity index (χ4n) is 3.96. The number of phenols is 1. The van der Waals surface area contributed by atoms with Crippen molar-refractivity contribution in [2.24, 2.45) is 5.10 Å². The van der Waals surface area contributed by atoms with Crippen LogP contribution in [-0.2, 0) is 6.54 Å². The number of benzene rings is 3. The summed E-state index contributed by atoms with van der Waals surface area (Å²) in [7, 11) is 1.48. The zero-order chi connectivity index (χ0) is 23.0. The van der Waals surface area contributed by atoms with Crippen LogP contribution >= 0.6 is 0 Å². The summed E-state index contributed by atoms with van der Waals surface area (Å²) in [5.41, 5.74) is 6.31. The minimum atomic E-state index is -0.271. The Balaban J connectivity index is 1.26. The summed E-state index contributed by atoms with van der Waals surface area (Å²) in [6.45, 7) is 5.22. The number of aromatic hydroxyl groups is 1. The number of hydrogen-bond donors (Lipinski definition) is 3. The first-order valence-corrected chi connectivity index (χ1v) is 11.1. The lowest BCUT2D eigenvalue weighted by Gasteiger charge is -2.33. The maximum absolute atomic E-state index is 12.4. The Kier molecular flexibility index (Phi) is 7.22. The Bertz CT molecular complexity index is 1090. The van der Waals surface area contributed by atoms with Crippen molar-refractivity contribution in [2.45, 2.75) is 6.54 Å². The van der Waals surface area contributed by atoms with E-state index in [1.807, 2.05) is 24.3 Å². The van der Waals surface area contributed by atoms with E-state index in [1.165, 1.54) is 30.6 Å². The minimum absolute atomic E-state index is 0.0543. The predicted molar refractivity (Wildman–Crippen MR) is 129 cm³/mol. The molecule has 0 unspecified atom stereocenters. The van der Waals surface area contributed by atoms with Crippen molar-refractivity contribution < 1.29 is 19.5 Å². The number of hydrogen-bond acceptors (Lipinski definition) is 5. The van der Waals surface area contributed by atoms with E-state index in [1.54, 1.807) is 17.0 Å². The number of anilines is 1. The van der Waals surface area contributed by atoms with Gasteiger partial charge < -0.3 is 19.6 Å². The molecule has 4 rings (SSSR count). The van der Waals surface area contributed by atoms with Gasteiger partial charge in [0, 0.05) is 16.8 Å². The molecule has 0 aliphatic carbocycles. The van der Waals surface area contributed by atoms with Gasteiger partial charge in [0.25, 0.3) is 5.91 Å². The van der Waals surface area contributed by atoms with Crippen molar-refractivity contribution in [1.29, 1.82) is 0 Å². The summed E-state index contributed by atoms with van der Waals surface area (Å²) in [6, 6.07) is 23.1. The van der Waals surface area contributed by atoms with E-state index in [4.69, 9.17) is 4.74 Å². The standard InChI is InChI=1S/C26H28N4O3/c1-33-25-17-21(9-12-24(25)31)18-27-28-26(32)22-10-7-20(8-11-22)19-29-13-15-30(16-14-29)23-5-3-2-4-6-23/h2-12,17-18,31H,13-16,19H2,1H3,(H,28,32)/p+1/b27-18+. The molecule has 1 saturated heterocycles. The lowest BCUT2D eigenvalue weighted by Crippen LogP contribution is -3.13. The van der Waals surface area contributed by atoms with Gasteiger partial charge in [-0.3, -0.25) is 4.79 Å². The number of para-hydroxylation sites is 1. The molecule has 1 aliphatic rings. The molecule has 0 aromatic heterocycles. The molecule has 1 fully saturated rings. The molecule has 1 heterocycles. The monoisotopic (exact) mass is 445 g/mol. The highest BCUT2D eigenvalue weighted by Crippen LogP contribution is 2.25. The second-order valence-electron chi connectivity index (χ2n) is 8.08. The van der Waals surface area contributed by atoms with Gasteiger partial charge in [0.05, 0.1) is 39.5 Å². The van der Waals surface area contributed by atoms with Crippen LogP contribution in [0.2, 0.25) is 0 Å². The SMILES string of the molecule is COc1cc(/C=N/NC(=O)c2ccc(C[NH+]3CCN(c4ccccc4)CC3)cc2)ccc1O. The fraction of sp³-hybridized carbons (Fsp3) is 0.231. The van der Waals surface area contributed by atoms with Gasteiger partial charge in [0.2, 0.25) is 0 Å². The van der Waals surface area contributed by atoms with E-state index < -0.39 is 0 Å². The van der Waals surface area contributed by atoms with E-state index in [9.17, 15) is 9.90 Å². The highest BCUT2D eigenvalue weighted by molar-refractivity contribution is 5.94. The number of amides is 1. The average Bonchev–Trinajstić information content (AvgIpc) is 2.86. The summed E-state index contributed by atoms with van der Waals surface area (Å²) in [6.07, 6.45) is 1.51. The Morgan fingerprint density at radius 1 is 1.09 bits per heavy atom. The molecule has 7 nitrogen and oxygen atoms in total. The Morgan fingerprint density at radius 2 is 1.82 bits per heavy atom. The van der Waals surface area contributed by atoms with Crippen LogP contribution in [0.25, 0.3) is 0 Å². The van der Waals surface area contributed by atoms with E-state index in [-0.39, 0.29) is 11.7 Å². The molecular weight excluding hydrogens is 416 g/mol. The summed E-state index contributed by atoms with van der Waals surface area (Å²) >= 11 is 0. The zero-order valence-corrected chi connectivity index (χ0v) is 18.7. The number of ether oxygens (including phenoxy) is 1. The van der Waals surface area contributed by atoms with Crippen LogP contribution in [0.4, 0.5) is 5.69 Å². The third-order valence-electron chi connectivity index (χ3n) is 5.85.